The Labute approximate surface area is 137 Å². The molecular weight excluding hydrogens is 337 g/mol. The molecule has 5 nitrogen and oxygen atoms in total. The van der Waals surface area contributed by atoms with E-state index < -0.39 is 24.1 Å². The maximum atomic E-state index is 11.9. The summed E-state index contributed by atoms with van der Waals surface area (Å²) in [7, 11) is 0. The van der Waals surface area contributed by atoms with E-state index in [0.717, 1.165) is 5.56 Å². The normalized spacial score (nSPS) is 12.0. The van der Waals surface area contributed by atoms with Crippen molar-refractivity contribution in [3.63, 3.8) is 0 Å². The van der Waals surface area contributed by atoms with Gasteiger partial charge < -0.3 is 15.8 Å². The fourth-order valence-corrected chi connectivity index (χ4v) is 1.58. The summed E-state index contributed by atoms with van der Waals surface area (Å²) in [5.41, 5.74) is 6.38. The first-order valence-corrected chi connectivity index (χ1v) is 6.62. The molecule has 0 fully saturated rings. The summed E-state index contributed by atoms with van der Waals surface area (Å²) in [6.45, 7) is -0.129. The topological polar surface area (TPSA) is 81.4 Å². The number of ether oxygens (including phenoxy) is 1. The molecule has 1 aromatic carbocycles. The number of benzene rings is 1. The lowest BCUT2D eigenvalue weighted by molar-refractivity contribution is -0.173. The van der Waals surface area contributed by atoms with Gasteiger partial charge in [-0.25, -0.2) is 0 Å². The Morgan fingerprint density at radius 3 is 2.39 bits per heavy atom. The second-order valence-electron chi connectivity index (χ2n) is 4.60. The maximum Gasteiger partial charge on any atom is 0.471 e. The Hall–Kier alpha value is -1.80. The third kappa shape index (κ3) is 8.41. The van der Waals surface area contributed by atoms with Crippen LogP contribution < -0.4 is 11.1 Å². The van der Waals surface area contributed by atoms with Crippen LogP contribution in [0.25, 0.3) is 0 Å². The minimum Gasteiger partial charge on any atom is -0.460 e. The van der Waals surface area contributed by atoms with E-state index in [2.05, 4.69) is 0 Å². The number of carbonyl (C=O) groups is 2. The van der Waals surface area contributed by atoms with Gasteiger partial charge in [-0.1, -0.05) is 30.3 Å². The molecule has 0 radical (unpaired) electrons. The van der Waals surface area contributed by atoms with Crippen LogP contribution in [-0.4, -0.2) is 30.6 Å². The van der Waals surface area contributed by atoms with Crippen LogP contribution in [0.5, 0.6) is 0 Å². The lowest BCUT2D eigenvalue weighted by Crippen LogP contribution is -2.38. The summed E-state index contributed by atoms with van der Waals surface area (Å²) in [5.74, 6) is -2.64. The first kappa shape index (κ1) is 21.2. The van der Waals surface area contributed by atoms with Crippen molar-refractivity contribution < 1.29 is 27.5 Å². The van der Waals surface area contributed by atoms with E-state index in [1.165, 1.54) is 0 Å². The first-order valence-electron chi connectivity index (χ1n) is 6.62. The van der Waals surface area contributed by atoms with Gasteiger partial charge in [0, 0.05) is 6.54 Å². The zero-order valence-corrected chi connectivity index (χ0v) is 13.0. The van der Waals surface area contributed by atoms with Gasteiger partial charge in [-0.05, 0) is 18.4 Å². The van der Waals surface area contributed by atoms with Crippen LogP contribution in [0.4, 0.5) is 13.2 Å². The zero-order valence-electron chi connectivity index (χ0n) is 12.1. The van der Waals surface area contributed by atoms with Crippen LogP contribution in [0.15, 0.2) is 30.3 Å². The summed E-state index contributed by atoms with van der Waals surface area (Å²) in [4.78, 5) is 22.1. The smallest absolute Gasteiger partial charge is 0.460 e. The number of rotatable bonds is 7. The van der Waals surface area contributed by atoms with Crippen molar-refractivity contribution in [2.45, 2.75) is 31.7 Å². The molecule has 0 aliphatic heterocycles. The zero-order chi connectivity index (χ0) is 16.6. The third-order valence-corrected chi connectivity index (χ3v) is 2.76. The second kappa shape index (κ2) is 10.1. The minimum absolute atomic E-state index is 0. The van der Waals surface area contributed by atoms with Crippen molar-refractivity contribution in [3.05, 3.63) is 35.9 Å². The number of halogens is 4. The standard InChI is InChI=1S/C14H17F3N2O3.ClH/c15-14(16,17)13(21)19-8-4-7-11(18)12(20)22-9-10-5-2-1-3-6-10;/h1-3,5-6,11H,4,7-9,18H2,(H,19,21);1H/t11-;/m0./s1. The van der Waals surface area contributed by atoms with Crippen LogP contribution >= 0.6 is 12.4 Å². The molecule has 1 atom stereocenters. The average molecular weight is 355 g/mol. The Bertz CT molecular complexity index is 498. The van der Waals surface area contributed by atoms with Gasteiger partial charge in [-0.15, -0.1) is 12.4 Å². The Morgan fingerprint density at radius 1 is 1.22 bits per heavy atom. The number of nitrogens with one attached hydrogen (secondary N) is 1. The summed E-state index contributed by atoms with van der Waals surface area (Å²) in [5, 5.41) is 1.70. The van der Waals surface area contributed by atoms with Crippen molar-refractivity contribution >= 4 is 24.3 Å². The van der Waals surface area contributed by atoms with Gasteiger partial charge in [0.15, 0.2) is 0 Å². The van der Waals surface area contributed by atoms with Crippen LogP contribution in [0, 0.1) is 0 Å². The highest BCUT2D eigenvalue weighted by molar-refractivity contribution is 5.85. The molecule has 1 rings (SSSR count). The molecule has 1 amide bonds. The molecule has 3 N–H and O–H groups in total. The number of carbonyl (C=O) groups excluding carboxylic acids is 2. The van der Waals surface area contributed by atoms with E-state index in [-0.39, 0.29) is 38.4 Å². The molecule has 130 valence electrons. The number of hydrogen-bond acceptors (Lipinski definition) is 4. The van der Waals surface area contributed by atoms with Gasteiger partial charge in [0.2, 0.25) is 0 Å². The number of hydrogen-bond donors (Lipinski definition) is 2. The van der Waals surface area contributed by atoms with Crippen LogP contribution in [-0.2, 0) is 20.9 Å². The molecule has 9 heteroatoms. The molecule has 0 heterocycles. The molecule has 0 unspecified atom stereocenters. The molecule has 0 saturated heterocycles. The van der Waals surface area contributed by atoms with Crippen molar-refractivity contribution in [3.8, 4) is 0 Å². The van der Waals surface area contributed by atoms with E-state index in [1.807, 2.05) is 6.07 Å². The minimum atomic E-state index is -4.91. The molecule has 1 aromatic rings. The van der Waals surface area contributed by atoms with E-state index in [4.69, 9.17) is 10.5 Å². The van der Waals surface area contributed by atoms with Crippen molar-refractivity contribution in [2.75, 3.05) is 6.54 Å². The highest BCUT2D eigenvalue weighted by Gasteiger charge is 2.38. The molecule has 0 aliphatic carbocycles. The number of alkyl halides is 3. The van der Waals surface area contributed by atoms with Crippen molar-refractivity contribution in [1.29, 1.82) is 0 Å². The van der Waals surface area contributed by atoms with Gasteiger partial charge in [-0.2, -0.15) is 13.2 Å². The highest BCUT2D eigenvalue weighted by atomic mass is 35.5. The predicted molar refractivity (Wildman–Crippen MR) is 79.8 cm³/mol. The van der Waals surface area contributed by atoms with E-state index in [1.54, 1.807) is 29.6 Å². The molecule has 0 aromatic heterocycles. The van der Waals surface area contributed by atoms with Crippen molar-refractivity contribution in [2.24, 2.45) is 5.73 Å². The second-order valence-corrected chi connectivity index (χ2v) is 4.60. The largest absolute Gasteiger partial charge is 0.471 e. The van der Waals surface area contributed by atoms with Gasteiger partial charge in [0.05, 0.1) is 0 Å². The van der Waals surface area contributed by atoms with Gasteiger partial charge in [-0.3, -0.25) is 9.59 Å². The quantitative estimate of drug-likeness (QED) is 0.579. The third-order valence-electron chi connectivity index (χ3n) is 2.76. The van der Waals surface area contributed by atoms with Gasteiger partial charge in [0.25, 0.3) is 0 Å². The van der Waals surface area contributed by atoms with E-state index >= 15 is 0 Å². The molecule has 0 saturated carbocycles. The summed E-state index contributed by atoms with van der Waals surface area (Å²) in [6.07, 6.45) is -4.65. The SMILES string of the molecule is Cl.N[C@@H](CCCNC(=O)C(F)(F)F)C(=O)OCc1ccccc1. The highest BCUT2D eigenvalue weighted by Crippen LogP contribution is 2.14. The molecule has 0 bridgehead atoms. The molecule has 0 aliphatic rings. The van der Waals surface area contributed by atoms with Gasteiger partial charge >= 0.3 is 18.1 Å². The summed E-state index contributed by atoms with van der Waals surface area (Å²) in [6, 6.07) is 8.05. The lowest BCUT2D eigenvalue weighted by atomic mass is 10.1. The monoisotopic (exact) mass is 354 g/mol. The molecule has 23 heavy (non-hydrogen) atoms. The van der Waals surface area contributed by atoms with Crippen LogP contribution in [0.3, 0.4) is 0 Å². The Kier molecular flexibility index (Phi) is 9.28. The Balaban J connectivity index is 0.00000484. The molecule has 0 spiro atoms. The first-order chi connectivity index (χ1) is 10.3. The lowest BCUT2D eigenvalue weighted by Gasteiger charge is -2.12. The van der Waals surface area contributed by atoms with Gasteiger partial charge in [0.1, 0.15) is 12.6 Å². The van der Waals surface area contributed by atoms with E-state index in [0.29, 0.717) is 0 Å². The van der Waals surface area contributed by atoms with E-state index in [9.17, 15) is 22.8 Å². The average Bonchev–Trinajstić information content (AvgIpc) is 2.48. The fourth-order valence-electron chi connectivity index (χ4n) is 1.58. The number of nitrogens with two attached hydrogens (primary N) is 1. The summed E-state index contributed by atoms with van der Waals surface area (Å²) < 4.78 is 40.7. The van der Waals surface area contributed by atoms with Crippen molar-refractivity contribution in [1.82, 2.24) is 5.32 Å². The maximum absolute atomic E-state index is 11.9. The fraction of sp³-hybridized carbons (Fsp3) is 0.429. The predicted octanol–water partition coefficient (Wildman–Crippen LogP) is 1.94. The number of esters is 1. The van der Waals surface area contributed by atoms with Crippen LogP contribution in [0.1, 0.15) is 18.4 Å². The molecular formula is C14H18ClF3N2O3. The summed E-state index contributed by atoms with van der Waals surface area (Å²) >= 11 is 0. The van der Waals surface area contributed by atoms with Crippen LogP contribution in [0.2, 0.25) is 0 Å². The Morgan fingerprint density at radius 2 is 1.83 bits per heavy atom. The number of amides is 1.